The number of amides is 1. The molecular weight excluding hydrogens is 366 g/mol. The van der Waals surface area contributed by atoms with Crippen LogP contribution in [-0.2, 0) is 6.42 Å². The molecule has 2 aliphatic heterocycles. The van der Waals surface area contributed by atoms with Gasteiger partial charge in [-0.2, -0.15) is 0 Å². The Bertz CT molecular complexity index is 996. The number of aryl methyl sites for hydroxylation is 1. The van der Waals surface area contributed by atoms with Crippen LogP contribution < -0.4 is 9.80 Å². The number of nitrogens with zero attached hydrogens (tertiary/aromatic N) is 5. The van der Waals surface area contributed by atoms with Gasteiger partial charge in [0.1, 0.15) is 18.0 Å². The first-order valence-corrected chi connectivity index (χ1v) is 10.0. The van der Waals surface area contributed by atoms with Gasteiger partial charge in [-0.05, 0) is 36.6 Å². The van der Waals surface area contributed by atoms with Crippen molar-refractivity contribution in [1.29, 1.82) is 0 Å². The van der Waals surface area contributed by atoms with Crippen LogP contribution in [0.2, 0.25) is 0 Å². The second kappa shape index (κ2) is 7.58. The number of rotatable bonds is 3. The predicted molar refractivity (Wildman–Crippen MR) is 111 cm³/mol. The second-order valence-corrected chi connectivity index (χ2v) is 7.37. The number of furan rings is 1. The standard InChI is InChI=1S/C22H23N5O2/c28-22(19-8-4-14-29-19)26-12-10-25(11-13-26)20-15-21(24-16-23-20)27-9-3-6-17-5-1-2-7-18(17)27/h1-2,4-5,7-8,14-16H,3,6,9-13H2. The van der Waals surface area contributed by atoms with Gasteiger partial charge in [0.25, 0.3) is 5.91 Å². The quantitative estimate of drug-likeness (QED) is 0.686. The molecule has 0 atom stereocenters. The van der Waals surface area contributed by atoms with Crippen LogP contribution >= 0.6 is 0 Å². The zero-order valence-corrected chi connectivity index (χ0v) is 16.2. The molecule has 0 aliphatic carbocycles. The Labute approximate surface area is 169 Å². The van der Waals surface area contributed by atoms with Gasteiger partial charge in [0, 0.05) is 44.5 Å². The van der Waals surface area contributed by atoms with Crippen molar-refractivity contribution in [2.75, 3.05) is 42.5 Å². The van der Waals surface area contributed by atoms with Crippen LogP contribution in [0.15, 0.2) is 59.5 Å². The van der Waals surface area contributed by atoms with Crippen LogP contribution in [0.4, 0.5) is 17.3 Å². The van der Waals surface area contributed by atoms with Crippen molar-refractivity contribution in [2.24, 2.45) is 0 Å². The predicted octanol–water partition coefficient (Wildman–Crippen LogP) is 3.12. The molecule has 7 nitrogen and oxygen atoms in total. The van der Waals surface area contributed by atoms with Gasteiger partial charge in [-0.15, -0.1) is 0 Å². The second-order valence-electron chi connectivity index (χ2n) is 7.37. The molecule has 0 bridgehead atoms. The molecule has 5 rings (SSSR count). The highest BCUT2D eigenvalue weighted by Crippen LogP contribution is 2.33. The normalized spacial score (nSPS) is 16.6. The summed E-state index contributed by atoms with van der Waals surface area (Å²) in [6.45, 7) is 3.72. The zero-order valence-electron chi connectivity index (χ0n) is 16.2. The van der Waals surface area contributed by atoms with Crippen LogP contribution in [0.25, 0.3) is 0 Å². The van der Waals surface area contributed by atoms with Crippen LogP contribution in [-0.4, -0.2) is 53.5 Å². The van der Waals surface area contributed by atoms with Gasteiger partial charge in [0.15, 0.2) is 5.76 Å². The van der Waals surface area contributed by atoms with Gasteiger partial charge in [-0.3, -0.25) is 4.79 Å². The number of anilines is 3. The SMILES string of the molecule is O=C(c1ccco1)N1CCN(c2cc(N3CCCc4ccccc43)ncn2)CC1. The summed E-state index contributed by atoms with van der Waals surface area (Å²) in [5, 5.41) is 0. The minimum atomic E-state index is -0.0528. The Balaban J connectivity index is 1.31. The average Bonchev–Trinajstić information content (AvgIpc) is 3.33. The summed E-state index contributed by atoms with van der Waals surface area (Å²) in [5.41, 5.74) is 2.60. The van der Waals surface area contributed by atoms with E-state index in [1.165, 1.54) is 17.5 Å². The molecule has 0 N–H and O–H groups in total. The summed E-state index contributed by atoms with van der Waals surface area (Å²) >= 11 is 0. The number of piperazine rings is 1. The Morgan fingerprint density at radius 3 is 2.59 bits per heavy atom. The highest BCUT2D eigenvalue weighted by atomic mass is 16.3. The third-order valence-electron chi connectivity index (χ3n) is 5.65. The summed E-state index contributed by atoms with van der Waals surface area (Å²) in [6.07, 6.45) is 5.40. The maximum absolute atomic E-state index is 12.5. The van der Waals surface area contributed by atoms with Crippen LogP contribution in [0.5, 0.6) is 0 Å². The van der Waals surface area contributed by atoms with E-state index in [4.69, 9.17) is 4.42 Å². The average molecular weight is 389 g/mol. The largest absolute Gasteiger partial charge is 0.459 e. The van der Waals surface area contributed by atoms with E-state index in [-0.39, 0.29) is 5.91 Å². The van der Waals surface area contributed by atoms with E-state index < -0.39 is 0 Å². The lowest BCUT2D eigenvalue weighted by Gasteiger charge is -2.35. The number of hydrogen-bond acceptors (Lipinski definition) is 6. The smallest absolute Gasteiger partial charge is 0.289 e. The van der Waals surface area contributed by atoms with Crippen molar-refractivity contribution in [3.05, 3.63) is 66.4 Å². The molecular formula is C22H23N5O2. The van der Waals surface area contributed by atoms with Gasteiger partial charge in [0.2, 0.25) is 0 Å². The molecule has 0 saturated carbocycles. The first-order valence-electron chi connectivity index (χ1n) is 10.0. The van der Waals surface area contributed by atoms with Gasteiger partial charge in [0.05, 0.1) is 6.26 Å². The monoisotopic (exact) mass is 389 g/mol. The molecule has 0 spiro atoms. The highest BCUT2D eigenvalue weighted by molar-refractivity contribution is 5.91. The molecule has 1 saturated heterocycles. The highest BCUT2D eigenvalue weighted by Gasteiger charge is 2.25. The molecule has 4 heterocycles. The molecule has 1 amide bonds. The first-order chi connectivity index (χ1) is 14.3. The van der Waals surface area contributed by atoms with E-state index in [1.54, 1.807) is 18.5 Å². The van der Waals surface area contributed by atoms with Crippen molar-refractivity contribution in [3.63, 3.8) is 0 Å². The number of benzene rings is 1. The lowest BCUT2D eigenvalue weighted by atomic mass is 10.0. The van der Waals surface area contributed by atoms with Crippen molar-refractivity contribution in [3.8, 4) is 0 Å². The van der Waals surface area contributed by atoms with E-state index >= 15 is 0 Å². The van der Waals surface area contributed by atoms with Gasteiger partial charge in [-0.1, -0.05) is 18.2 Å². The van der Waals surface area contributed by atoms with Crippen molar-refractivity contribution < 1.29 is 9.21 Å². The minimum absolute atomic E-state index is 0.0528. The number of carbonyl (C=O) groups excluding carboxylic acids is 1. The summed E-state index contributed by atoms with van der Waals surface area (Å²) in [6, 6.07) is 14.0. The molecule has 3 aromatic rings. The maximum atomic E-state index is 12.5. The van der Waals surface area contributed by atoms with Crippen molar-refractivity contribution >= 4 is 23.2 Å². The van der Waals surface area contributed by atoms with Gasteiger partial charge >= 0.3 is 0 Å². The van der Waals surface area contributed by atoms with Crippen LogP contribution in [0.3, 0.4) is 0 Å². The van der Waals surface area contributed by atoms with E-state index in [0.29, 0.717) is 18.8 Å². The van der Waals surface area contributed by atoms with E-state index in [2.05, 4.69) is 50.1 Å². The number of fused-ring (bicyclic) bond motifs is 1. The zero-order chi connectivity index (χ0) is 19.6. The Morgan fingerprint density at radius 1 is 0.931 bits per heavy atom. The third-order valence-corrected chi connectivity index (χ3v) is 5.65. The molecule has 148 valence electrons. The van der Waals surface area contributed by atoms with Crippen LogP contribution in [0.1, 0.15) is 22.5 Å². The Hall–Kier alpha value is -3.35. The fourth-order valence-electron chi connectivity index (χ4n) is 4.12. The Kier molecular flexibility index (Phi) is 4.63. The molecule has 7 heteroatoms. The third kappa shape index (κ3) is 3.44. The Morgan fingerprint density at radius 2 is 1.76 bits per heavy atom. The summed E-state index contributed by atoms with van der Waals surface area (Å²) in [4.78, 5) is 27.8. The number of carbonyl (C=O) groups is 1. The molecule has 2 aliphatic rings. The number of aromatic nitrogens is 2. The molecule has 29 heavy (non-hydrogen) atoms. The fourth-order valence-corrected chi connectivity index (χ4v) is 4.12. The molecule has 0 radical (unpaired) electrons. The topological polar surface area (TPSA) is 65.7 Å². The van der Waals surface area contributed by atoms with Gasteiger partial charge < -0.3 is 19.1 Å². The lowest BCUT2D eigenvalue weighted by molar-refractivity contribution is 0.0714. The van der Waals surface area contributed by atoms with Crippen molar-refractivity contribution in [1.82, 2.24) is 14.9 Å². The molecule has 1 fully saturated rings. The van der Waals surface area contributed by atoms with E-state index in [9.17, 15) is 4.79 Å². The van der Waals surface area contributed by atoms with E-state index in [0.717, 1.165) is 44.1 Å². The van der Waals surface area contributed by atoms with E-state index in [1.807, 2.05) is 4.90 Å². The molecule has 1 aromatic carbocycles. The maximum Gasteiger partial charge on any atom is 0.289 e. The molecule has 2 aromatic heterocycles. The lowest BCUT2D eigenvalue weighted by Crippen LogP contribution is -2.49. The van der Waals surface area contributed by atoms with Crippen molar-refractivity contribution in [2.45, 2.75) is 12.8 Å². The summed E-state index contributed by atoms with van der Waals surface area (Å²) in [7, 11) is 0. The first kappa shape index (κ1) is 17.7. The van der Waals surface area contributed by atoms with Gasteiger partial charge in [-0.25, -0.2) is 9.97 Å². The number of hydrogen-bond donors (Lipinski definition) is 0. The minimum Gasteiger partial charge on any atom is -0.459 e. The van der Waals surface area contributed by atoms with Crippen LogP contribution in [0, 0.1) is 0 Å². The fraction of sp³-hybridized carbons (Fsp3) is 0.318. The molecule has 0 unspecified atom stereocenters. The summed E-state index contributed by atoms with van der Waals surface area (Å²) < 4.78 is 5.24. The summed E-state index contributed by atoms with van der Waals surface area (Å²) in [5.74, 6) is 2.17. The number of para-hydroxylation sites is 1.